The SMILES string of the molecule is CC(CC(=O)C1CCc2cccnc21)C1CCCNC1. The summed E-state index contributed by atoms with van der Waals surface area (Å²) in [6.07, 6.45) is 7.02. The van der Waals surface area contributed by atoms with Crippen LogP contribution in [-0.4, -0.2) is 23.9 Å². The first kappa shape index (κ1) is 13.7. The summed E-state index contributed by atoms with van der Waals surface area (Å²) in [5.74, 6) is 1.62. The van der Waals surface area contributed by atoms with E-state index in [1.807, 2.05) is 12.3 Å². The Bertz CT molecular complexity index is 480. The average Bonchev–Trinajstić information content (AvgIpc) is 2.92. The predicted octanol–water partition coefficient (Wildman–Crippen LogP) is 2.71. The Labute approximate surface area is 121 Å². The highest BCUT2D eigenvalue weighted by Crippen LogP contribution is 2.34. The van der Waals surface area contributed by atoms with Crippen molar-refractivity contribution in [3.8, 4) is 0 Å². The molecule has 1 saturated heterocycles. The summed E-state index contributed by atoms with van der Waals surface area (Å²) < 4.78 is 0. The minimum Gasteiger partial charge on any atom is -0.316 e. The highest BCUT2D eigenvalue weighted by atomic mass is 16.1. The fourth-order valence-electron chi connectivity index (χ4n) is 3.72. The van der Waals surface area contributed by atoms with Crippen molar-refractivity contribution in [1.29, 1.82) is 0 Å². The van der Waals surface area contributed by atoms with E-state index in [4.69, 9.17) is 0 Å². The lowest BCUT2D eigenvalue weighted by molar-refractivity contribution is -0.121. The molecule has 3 atom stereocenters. The van der Waals surface area contributed by atoms with Crippen LogP contribution in [0.15, 0.2) is 18.3 Å². The number of ketones is 1. The smallest absolute Gasteiger partial charge is 0.142 e. The van der Waals surface area contributed by atoms with Gasteiger partial charge in [0.2, 0.25) is 0 Å². The third-order valence-electron chi connectivity index (χ3n) is 5.01. The molecule has 1 aliphatic carbocycles. The number of nitrogens with one attached hydrogen (secondary N) is 1. The molecule has 3 rings (SSSR count). The van der Waals surface area contributed by atoms with Crippen LogP contribution in [0.5, 0.6) is 0 Å². The van der Waals surface area contributed by atoms with E-state index >= 15 is 0 Å². The van der Waals surface area contributed by atoms with Gasteiger partial charge in [-0.15, -0.1) is 0 Å². The van der Waals surface area contributed by atoms with Crippen LogP contribution in [-0.2, 0) is 11.2 Å². The van der Waals surface area contributed by atoms with Crippen LogP contribution in [0.4, 0.5) is 0 Å². The number of piperidine rings is 1. The van der Waals surface area contributed by atoms with E-state index < -0.39 is 0 Å². The Morgan fingerprint density at radius 3 is 3.20 bits per heavy atom. The zero-order valence-corrected chi connectivity index (χ0v) is 12.3. The molecule has 0 amide bonds. The molecule has 3 unspecified atom stereocenters. The summed E-state index contributed by atoms with van der Waals surface area (Å²) in [7, 11) is 0. The van der Waals surface area contributed by atoms with Gasteiger partial charge in [-0.2, -0.15) is 0 Å². The number of hydrogen-bond acceptors (Lipinski definition) is 3. The molecule has 2 heterocycles. The summed E-state index contributed by atoms with van der Waals surface area (Å²) in [5.41, 5.74) is 2.32. The summed E-state index contributed by atoms with van der Waals surface area (Å²) in [6.45, 7) is 4.45. The lowest BCUT2D eigenvalue weighted by Gasteiger charge is -2.28. The lowest BCUT2D eigenvalue weighted by atomic mass is 9.82. The van der Waals surface area contributed by atoms with Gasteiger partial charge in [-0.3, -0.25) is 9.78 Å². The normalized spacial score (nSPS) is 27.1. The van der Waals surface area contributed by atoms with Gasteiger partial charge in [-0.25, -0.2) is 0 Å². The standard InChI is InChI=1S/C17H24N2O/c1-12(14-5-2-8-18-11-14)10-16(20)15-7-6-13-4-3-9-19-17(13)15/h3-4,9,12,14-15,18H,2,5-8,10-11H2,1H3. The Morgan fingerprint density at radius 1 is 1.50 bits per heavy atom. The van der Waals surface area contributed by atoms with Crippen LogP contribution < -0.4 is 5.32 Å². The van der Waals surface area contributed by atoms with Crippen LogP contribution in [0.1, 0.15) is 49.8 Å². The zero-order valence-electron chi connectivity index (χ0n) is 12.3. The minimum atomic E-state index is 0.0604. The Balaban J connectivity index is 1.62. The number of fused-ring (bicyclic) bond motifs is 1. The minimum absolute atomic E-state index is 0.0604. The van der Waals surface area contributed by atoms with Gasteiger partial charge < -0.3 is 5.32 Å². The van der Waals surface area contributed by atoms with E-state index in [0.717, 1.165) is 31.6 Å². The molecular weight excluding hydrogens is 248 g/mol. The van der Waals surface area contributed by atoms with Crippen molar-refractivity contribution in [3.05, 3.63) is 29.6 Å². The van der Waals surface area contributed by atoms with Crippen LogP contribution in [0.2, 0.25) is 0 Å². The van der Waals surface area contributed by atoms with Crippen molar-refractivity contribution in [2.24, 2.45) is 11.8 Å². The number of rotatable bonds is 4. The Kier molecular flexibility index (Phi) is 4.16. The molecule has 1 N–H and O–H groups in total. The first-order valence-electron chi connectivity index (χ1n) is 7.93. The molecule has 108 valence electrons. The zero-order chi connectivity index (χ0) is 13.9. The number of nitrogens with zero attached hydrogens (tertiary/aromatic N) is 1. The maximum atomic E-state index is 12.6. The summed E-state index contributed by atoms with van der Waals surface area (Å²) in [6, 6.07) is 4.09. The van der Waals surface area contributed by atoms with Gasteiger partial charge >= 0.3 is 0 Å². The highest BCUT2D eigenvalue weighted by Gasteiger charge is 2.31. The second-order valence-corrected chi connectivity index (χ2v) is 6.39. The van der Waals surface area contributed by atoms with E-state index in [1.165, 1.54) is 18.4 Å². The summed E-state index contributed by atoms with van der Waals surface area (Å²) in [5, 5.41) is 3.45. The highest BCUT2D eigenvalue weighted by molar-refractivity contribution is 5.86. The predicted molar refractivity (Wildman–Crippen MR) is 79.7 cm³/mol. The fourth-order valence-corrected chi connectivity index (χ4v) is 3.72. The molecule has 1 fully saturated rings. The molecule has 1 aromatic rings. The number of pyridine rings is 1. The molecule has 20 heavy (non-hydrogen) atoms. The van der Waals surface area contributed by atoms with E-state index in [9.17, 15) is 4.79 Å². The van der Waals surface area contributed by atoms with Gasteiger partial charge in [0.15, 0.2) is 0 Å². The van der Waals surface area contributed by atoms with Crippen LogP contribution in [0, 0.1) is 11.8 Å². The first-order valence-corrected chi connectivity index (χ1v) is 7.93. The molecule has 0 radical (unpaired) electrons. The molecule has 0 spiro atoms. The number of aromatic nitrogens is 1. The van der Waals surface area contributed by atoms with E-state index in [-0.39, 0.29) is 5.92 Å². The van der Waals surface area contributed by atoms with Gasteiger partial charge in [0.25, 0.3) is 0 Å². The van der Waals surface area contributed by atoms with E-state index in [2.05, 4.69) is 23.3 Å². The molecule has 3 nitrogen and oxygen atoms in total. The topological polar surface area (TPSA) is 42.0 Å². The molecule has 1 aliphatic heterocycles. The van der Waals surface area contributed by atoms with Crippen molar-refractivity contribution in [2.75, 3.05) is 13.1 Å². The molecule has 0 aromatic carbocycles. The Morgan fingerprint density at radius 2 is 2.40 bits per heavy atom. The first-order chi connectivity index (χ1) is 9.75. The van der Waals surface area contributed by atoms with Crippen molar-refractivity contribution in [3.63, 3.8) is 0 Å². The monoisotopic (exact) mass is 272 g/mol. The Hall–Kier alpha value is -1.22. The van der Waals surface area contributed by atoms with Crippen molar-refractivity contribution in [1.82, 2.24) is 10.3 Å². The molecular formula is C17H24N2O. The molecule has 0 saturated carbocycles. The fraction of sp³-hybridized carbons (Fsp3) is 0.647. The van der Waals surface area contributed by atoms with Gasteiger partial charge in [-0.1, -0.05) is 13.0 Å². The van der Waals surface area contributed by atoms with E-state index in [1.54, 1.807) is 0 Å². The van der Waals surface area contributed by atoms with Gasteiger partial charge in [0.05, 0.1) is 11.6 Å². The maximum Gasteiger partial charge on any atom is 0.142 e. The molecule has 1 aromatic heterocycles. The molecule has 2 aliphatic rings. The summed E-state index contributed by atoms with van der Waals surface area (Å²) >= 11 is 0. The van der Waals surface area contributed by atoms with E-state index in [0.29, 0.717) is 24.0 Å². The van der Waals surface area contributed by atoms with Gasteiger partial charge in [-0.05, 0) is 62.2 Å². The number of hydrogen-bond donors (Lipinski definition) is 1. The van der Waals surface area contributed by atoms with Crippen molar-refractivity contribution < 1.29 is 4.79 Å². The van der Waals surface area contributed by atoms with Crippen LogP contribution in [0.3, 0.4) is 0 Å². The lowest BCUT2D eigenvalue weighted by Crippen LogP contribution is -2.34. The van der Waals surface area contributed by atoms with Gasteiger partial charge in [0.1, 0.15) is 5.78 Å². The number of carbonyl (C=O) groups is 1. The number of Topliss-reactive ketones (excluding diaryl/α,β-unsaturated/α-hetero) is 1. The van der Waals surface area contributed by atoms with Crippen molar-refractivity contribution >= 4 is 5.78 Å². The third-order valence-corrected chi connectivity index (χ3v) is 5.01. The molecule has 0 bridgehead atoms. The molecule has 3 heteroatoms. The summed E-state index contributed by atoms with van der Waals surface area (Å²) in [4.78, 5) is 17.0. The maximum absolute atomic E-state index is 12.6. The second-order valence-electron chi connectivity index (χ2n) is 6.39. The van der Waals surface area contributed by atoms with Crippen LogP contribution >= 0.6 is 0 Å². The third kappa shape index (κ3) is 2.78. The van der Waals surface area contributed by atoms with Crippen molar-refractivity contribution in [2.45, 2.75) is 44.9 Å². The second kappa shape index (κ2) is 6.04. The number of carbonyl (C=O) groups excluding carboxylic acids is 1. The largest absolute Gasteiger partial charge is 0.316 e. The average molecular weight is 272 g/mol. The van der Waals surface area contributed by atoms with Gasteiger partial charge in [0, 0.05) is 12.6 Å². The number of aryl methyl sites for hydroxylation is 1. The van der Waals surface area contributed by atoms with Crippen LogP contribution in [0.25, 0.3) is 0 Å². The quantitative estimate of drug-likeness (QED) is 0.916.